The first kappa shape index (κ1) is 27.2. The van der Waals surface area contributed by atoms with E-state index < -0.39 is 0 Å². The van der Waals surface area contributed by atoms with Crippen molar-refractivity contribution in [1.29, 1.82) is 5.26 Å². The fourth-order valence-electron chi connectivity index (χ4n) is 9.39. The van der Waals surface area contributed by atoms with Gasteiger partial charge < -0.3 is 0 Å². The fourth-order valence-corrected chi connectivity index (χ4v) is 9.39. The summed E-state index contributed by atoms with van der Waals surface area (Å²) < 4.78 is 0. The Morgan fingerprint density at radius 1 is 0.543 bits per heavy atom. The molecule has 0 spiro atoms. The second kappa shape index (κ2) is 10.7. The molecule has 6 aromatic rings. The van der Waals surface area contributed by atoms with Gasteiger partial charge in [-0.2, -0.15) is 5.26 Å². The van der Waals surface area contributed by atoms with E-state index >= 15 is 0 Å². The van der Waals surface area contributed by atoms with Gasteiger partial charge in [0.1, 0.15) is 0 Å². The number of benzene rings is 5. The summed E-state index contributed by atoms with van der Waals surface area (Å²) in [7, 11) is 0. The average Bonchev–Trinajstić information content (AvgIpc) is 3.11. The van der Waals surface area contributed by atoms with Crippen LogP contribution in [0.3, 0.4) is 0 Å². The lowest BCUT2D eigenvalue weighted by Gasteiger charge is -2.57. The lowest BCUT2D eigenvalue weighted by Crippen LogP contribution is -2.48. The minimum absolute atomic E-state index is 0.163. The minimum atomic E-state index is 0.163. The molecule has 4 aliphatic rings. The van der Waals surface area contributed by atoms with Gasteiger partial charge in [0.05, 0.1) is 11.6 Å². The second-order valence-corrected chi connectivity index (χ2v) is 13.8. The number of hydrogen-bond acceptors (Lipinski definition) is 4. The van der Waals surface area contributed by atoms with E-state index in [1.807, 2.05) is 48.5 Å². The Morgan fingerprint density at radius 2 is 1.11 bits per heavy atom. The summed E-state index contributed by atoms with van der Waals surface area (Å²) in [5, 5.41) is 12.6. The fraction of sp³-hybridized carbons (Fsp3) is 0.238. The Balaban J connectivity index is 1.24. The van der Waals surface area contributed by atoms with Crippen LogP contribution in [0.4, 0.5) is 0 Å². The Kier molecular flexibility index (Phi) is 6.35. The van der Waals surface area contributed by atoms with Crippen molar-refractivity contribution in [2.45, 2.75) is 43.9 Å². The van der Waals surface area contributed by atoms with Gasteiger partial charge in [0.25, 0.3) is 0 Å². The standard InChI is InChI=1S/C42H34N4/c43-26-34-15-8-16-35-36(17-18-37(38(34)35)42-23-27-19-28(24-42)21-29(20-27)25-42)41-45-39(31-11-5-2-6-12-31)44-40(46-41)33-14-7-13-32(22-33)30-9-3-1-4-10-30/h1-18,22,27-29H,19-21,23-25H2. The number of nitriles is 1. The summed E-state index contributed by atoms with van der Waals surface area (Å²) in [5.41, 5.74) is 7.38. The molecule has 0 unspecified atom stereocenters. The Labute approximate surface area is 269 Å². The molecule has 0 amide bonds. The molecule has 0 radical (unpaired) electrons. The molecule has 4 saturated carbocycles. The quantitative estimate of drug-likeness (QED) is 0.199. The van der Waals surface area contributed by atoms with E-state index in [0.717, 1.165) is 61.9 Å². The van der Waals surface area contributed by atoms with Gasteiger partial charge >= 0.3 is 0 Å². The monoisotopic (exact) mass is 594 g/mol. The van der Waals surface area contributed by atoms with Gasteiger partial charge in [0.15, 0.2) is 17.5 Å². The molecule has 0 saturated heterocycles. The van der Waals surface area contributed by atoms with Crippen LogP contribution in [0.1, 0.15) is 49.7 Å². The summed E-state index contributed by atoms with van der Waals surface area (Å²) in [4.78, 5) is 15.3. The zero-order valence-corrected chi connectivity index (χ0v) is 25.7. The first-order valence-corrected chi connectivity index (χ1v) is 16.6. The van der Waals surface area contributed by atoms with Crippen LogP contribution >= 0.6 is 0 Å². The third-order valence-corrected chi connectivity index (χ3v) is 10.9. The Bertz CT molecular complexity index is 2110. The molecule has 4 heteroatoms. The number of fused-ring (bicyclic) bond motifs is 1. The van der Waals surface area contributed by atoms with Gasteiger partial charge in [-0.05, 0) is 95.9 Å². The van der Waals surface area contributed by atoms with Gasteiger partial charge in [-0.25, -0.2) is 15.0 Å². The molecule has 0 atom stereocenters. The van der Waals surface area contributed by atoms with Crippen LogP contribution in [0, 0.1) is 29.1 Å². The molecular formula is C42H34N4. The van der Waals surface area contributed by atoms with E-state index in [1.165, 1.54) is 44.1 Å². The summed E-state index contributed by atoms with van der Waals surface area (Å²) in [6.07, 6.45) is 7.92. The van der Waals surface area contributed by atoms with Gasteiger partial charge in [0.2, 0.25) is 0 Å². The van der Waals surface area contributed by atoms with Gasteiger partial charge in [-0.1, -0.05) is 103 Å². The molecule has 4 bridgehead atoms. The highest BCUT2D eigenvalue weighted by atomic mass is 15.0. The van der Waals surface area contributed by atoms with Crippen LogP contribution in [0.25, 0.3) is 56.1 Å². The highest BCUT2D eigenvalue weighted by molar-refractivity contribution is 6.01. The second-order valence-electron chi connectivity index (χ2n) is 13.8. The van der Waals surface area contributed by atoms with Crippen LogP contribution in [-0.2, 0) is 5.41 Å². The molecule has 1 heterocycles. The van der Waals surface area contributed by atoms with E-state index in [4.69, 9.17) is 15.0 Å². The van der Waals surface area contributed by atoms with E-state index in [9.17, 15) is 5.26 Å². The molecule has 4 aliphatic carbocycles. The molecular weight excluding hydrogens is 560 g/mol. The van der Waals surface area contributed by atoms with Crippen LogP contribution in [0.2, 0.25) is 0 Å². The van der Waals surface area contributed by atoms with Gasteiger partial charge in [0, 0.05) is 22.1 Å². The maximum atomic E-state index is 10.4. The molecule has 10 rings (SSSR count). The number of hydrogen-bond donors (Lipinski definition) is 0. The predicted molar refractivity (Wildman–Crippen MR) is 184 cm³/mol. The van der Waals surface area contributed by atoms with Crippen molar-refractivity contribution in [3.05, 3.63) is 126 Å². The smallest absolute Gasteiger partial charge is 0.164 e. The van der Waals surface area contributed by atoms with Crippen molar-refractivity contribution in [3.8, 4) is 51.4 Å². The lowest BCUT2D eigenvalue weighted by molar-refractivity contribution is -0.00449. The number of nitrogens with zero attached hydrogens (tertiary/aromatic N) is 4. The average molecular weight is 595 g/mol. The summed E-state index contributed by atoms with van der Waals surface area (Å²) >= 11 is 0. The van der Waals surface area contributed by atoms with Crippen LogP contribution in [0.5, 0.6) is 0 Å². The number of rotatable bonds is 5. The Hall–Kier alpha value is -5.14. The first-order chi connectivity index (χ1) is 22.7. The van der Waals surface area contributed by atoms with E-state index in [-0.39, 0.29) is 5.41 Å². The summed E-state index contributed by atoms with van der Waals surface area (Å²) in [6, 6.07) is 42.2. The molecule has 0 aliphatic heterocycles. The molecule has 222 valence electrons. The van der Waals surface area contributed by atoms with Crippen LogP contribution < -0.4 is 0 Å². The molecule has 0 N–H and O–H groups in total. The van der Waals surface area contributed by atoms with Crippen molar-refractivity contribution in [3.63, 3.8) is 0 Å². The topological polar surface area (TPSA) is 62.5 Å². The maximum Gasteiger partial charge on any atom is 0.164 e. The lowest BCUT2D eigenvalue weighted by atomic mass is 9.47. The summed E-state index contributed by atoms with van der Waals surface area (Å²) in [5.74, 6) is 4.37. The zero-order chi connectivity index (χ0) is 30.7. The van der Waals surface area contributed by atoms with Gasteiger partial charge in [-0.15, -0.1) is 0 Å². The molecule has 1 aromatic heterocycles. The molecule has 4 nitrogen and oxygen atoms in total. The highest BCUT2D eigenvalue weighted by Gasteiger charge is 2.52. The van der Waals surface area contributed by atoms with Gasteiger partial charge in [-0.3, -0.25) is 0 Å². The number of aromatic nitrogens is 3. The van der Waals surface area contributed by atoms with E-state index in [1.54, 1.807) is 0 Å². The minimum Gasteiger partial charge on any atom is -0.208 e. The van der Waals surface area contributed by atoms with Crippen molar-refractivity contribution >= 4 is 10.8 Å². The van der Waals surface area contributed by atoms with Crippen LogP contribution in [0.15, 0.2) is 115 Å². The van der Waals surface area contributed by atoms with Crippen molar-refractivity contribution in [2.24, 2.45) is 17.8 Å². The highest BCUT2D eigenvalue weighted by Crippen LogP contribution is 2.61. The van der Waals surface area contributed by atoms with Crippen LogP contribution in [-0.4, -0.2) is 15.0 Å². The molecule has 46 heavy (non-hydrogen) atoms. The van der Waals surface area contributed by atoms with E-state index in [2.05, 4.69) is 72.8 Å². The zero-order valence-electron chi connectivity index (χ0n) is 25.7. The first-order valence-electron chi connectivity index (χ1n) is 16.6. The largest absolute Gasteiger partial charge is 0.208 e. The van der Waals surface area contributed by atoms with Crippen molar-refractivity contribution in [1.82, 2.24) is 15.0 Å². The molecule has 4 fully saturated rings. The summed E-state index contributed by atoms with van der Waals surface area (Å²) in [6.45, 7) is 0. The van der Waals surface area contributed by atoms with E-state index in [0.29, 0.717) is 17.5 Å². The predicted octanol–water partition coefficient (Wildman–Crippen LogP) is 10.0. The molecule has 5 aromatic carbocycles. The SMILES string of the molecule is N#Cc1cccc2c(-c3nc(-c4ccccc4)nc(-c4cccc(-c5ccccc5)c4)n3)ccc(C34CC5CC(CC(C5)C3)C4)c12. The van der Waals surface area contributed by atoms with Crippen molar-refractivity contribution < 1.29 is 0 Å². The normalized spacial score (nSPS) is 23.0. The third kappa shape index (κ3) is 4.53. The van der Waals surface area contributed by atoms with Crippen molar-refractivity contribution in [2.75, 3.05) is 0 Å². The Morgan fingerprint density at radius 3 is 1.78 bits per heavy atom. The maximum absolute atomic E-state index is 10.4. The third-order valence-electron chi connectivity index (χ3n) is 10.9.